The van der Waals surface area contributed by atoms with E-state index in [2.05, 4.69) is 21.7 Å². The predicted octanol–water partition coefficient (Wildman–Crippen LogP) is 3.87. The summed E-state index contributed by atoms with van der Waals surface area (Å²) in [5.41, 5.74) is 3.32. The van der Waals surface area contributed by atoms with Gasteiger partial charge in [0.1, 0.15) is 0 Å². The molecule has 1 aliphatic carbocycles. The van der Waals surface area contributed by atoms with Crippen molar-refractivity contribution in [1.29, 1.82) is 0 Å². The van der Waals surface area contributed by atoms with Crippen molar-refractivity contribution in [3.63, 3.8) is 0 Å². The molecule has 1 aromatic heterocycles. The van der Waals surface area contributed by atoms with E-state index >= 15 is 0 Å². The quantitative estimate of drug-likeness (QED) is 0.893. The number of carbonyl (C=O) groups is 1. The van der Waals surface area contributed by atoms with Crippen LogP contribution in [-0.4, -0.2) is 21.9 Å². The minimum Gasteiger partial charge on any atom is -0.351 e. The first-order chi connectivity index (χ1) is 12.0. The molecule has 2 aromatic rings. The van der Waals surface area contributed by atoms with Crippen LogP contribution < -0.4 is 10.6 Å². The molecule has 5 heteroatoms. The number of rotatable bonds is 3. The van der Waals surface area contributed by atoms with E-state index < -0.39 is 0 Å². The van der Waals surface area contributed by atoms with Crippen LogP contribution in [0.2, 0.25) is 0 Å². The second kappa shape index (κ2) is 6.14. The Morgan fingerprint density at radius 1 is 1.16 bits per heavy atom. The van der Waals surface area contributed by atoms with Crippen molar-refractivity contribution in [1.82, 2.24) is 15.3 Å². The molecule has 1 fully saturated rings. The lowest BCUT2D eigenvalue weighted by atomic mass is 9.92. The summed E-state index contributed by atoms with van der Waals surface area (Å²) < 4.78 is 0. The lowest BCUT2D eigenvalue weighted by molar-refractivity contribution is 0.0940. The highest BCUT2D eigenvalue weighted by Gasteiger charge is 2.35. The smallest absolute Gasteiger partial charge is 0.252 e. The number of aromatic nitrogens is 2. The number of hydrogen-bond donors (Lipinski definition) is 2. The third-order valence-corrected chi connectivity index (χ3v) is 5.25. The zero-order valence-electron chi connectivity index (χ0n) is 14.8. The third-order valence-electron chi connectivity index (χ3n) is 5.25. The van der Waals surface area contributed by atoms with Gasteiger partial charge in [0.2, 0.25) is 5.95 Å². The van der Waals surface area contributed by atoms with Crippen LogP contribution in [0.5, 0.6) is 0 Å². The molecule has 1 saturated carbocycles. The fraction of sp³-hybridized carbons (Fsp3) is 0.450. The van der Waals surface area contributed by atoms with Crippen LogP contribution in [0.25, 0.3) is 11.3 Å². The van der Waals surface area contributed by atoms with Crippen LogP contribution in [0.1, 0.15) is 61.9 Å². The monoisotopic (exact) mass is 336 g/mol. The second-order valence-corrected chi connectivity index (χ2v) is 7.58. The van der Waals surface area contributed by atoms with Crippen LogP contribution in [0, 0.1) is 0 Å². The molecule has 0 bridgehead atoms. The van der Waals surface area contributed by atoms with E-state index in [1.165, 1.54) is 32.1 Å². The van der Waals surface area contributed by atoms with Gasteiger partial charge in [-0.05, 0) is 50.5 Å². The SMILES string of the molecule is CC1(C)NC(=O)c2ccc(-c3ccnc(NC4CCCCC4)n3)cc21. The maximum Gasteiger partial charge on any atom is 0.252 e. The lowest BCUT2D eigenvalue weighted by Gasteiger charge is -2.22. The molecular formula is C20H24N4O. The van der Waals surface area contributed by atoms with Crippen molar-refractivity contribution in [2.45, 2.75) is 57.5 Å². The Hall–Kier alpha value is -2.43. The van der Waals surface area contributed by atoms with Gasteiger partial charge in [0.05, 0.1) is 11.2 Å². The minimum absolute atomic E-state index is 0.00566. The summed E-state index contributed by atoms with van der Waals surface area (Å²) >= 11 is 0. The largest absolute Gasteiger partial charge is 0.351 e. The first kappa shape index (κ1) is 16.1. The number of hydrogen-bond acceptors (Lipinski definition) is 4. The second-order valence-electron chi connectivity index (χ2n) is 7.58. The molecule has 1 aromatic carbocycles. The zero-order chi connectivity index (χ0) is 17.4. The Bertz CT molecular complexity index is 809. The molecule has 5 nitrogen and oxygen atoms in total. The number of fused-ring (bicyclic) bond motifs is 1. The molecule has 2 aliphatic rings. The first-order valence-electron chi connectivity index (χ1n) is 9.10. The van der Waals surface area contributed by atoms with E-state index in [1.807, 2.05) is 32.0 Å². The molecule has 2 N–H and O–H groups in total. The zero-order valence-corrected chi connectivity index (χ0v) is 14.8. The summed E-state index contributed by atoms with van der Waals surface area (Å²) in [5, 5.41) is 6.50. The Morgan fingerprint density at radius 3 is 2.76 bits per heavy atom. The van der Waals surface area contributed by atoms with Gasteiger partial charge < -0.3 is 10.6 Å². The van der Waals surface area contributed by atoms with E-state index in [-0.39, 0.29) is 11.4 Å². The van der Waals surface area contributed by atoms with E-state index in [0.717, 1.165) is 22.4 Å². The van der Waals surface area contributed by atoms with Crippen molar-refractivity contribution in [2.24, 2.45) is 0 Å². The fourth-order valence-corrected chi connectivity index (χ4v) is 3.86. The molecule has 25 heavy (non-hydrogen) atoms. The number of nitrogens with zero attached hydrogens (tertiary/aromatic N) is 2. The average Bonchev–Trinajstić information content (AvgIpc) is 2.85. The van der Waals surface area contributed by atoms with Gasteiger partial charge in [0, 0.05) is 23.4 Å². The topological polar surface area (TPSA) is 66.9 Å². The predicted molar refractivity (Wildman–Crippen MR) is 98.5 cm³/mol. The molecule has 1 aliphatic heterocycles. The Labute approximate surface area is 148 Å². The summed E-state index contributed by atoms with van der Waals surface area (Å²) in [6, 6.07) is 8.33. The van der Waals surface area contributed by atoms with Gasteiger partial charge in [-0.1, -0.05) is 25.3 Å². The fourth-order valence-electron chi connectivity index (χ4n) is 3.86. The molecular weight excluding hydrogens is 312 g/mol. The molecule has 0 saturated heterocycles. The van der Waals surface area contributed by atoms with Crippen molar-refractivity contribution in [3.05, 3.63) is 41.6 Å². The minimum atomic E-state index is -0.349. The summed E-state index contributed by atoms with van der Waals surface area (Å²) in [6.07, 6.45) is 8.06. The van der Waals surface area contributed by atoms with Gasteiger partial charge in [-0.15, -0.1) is 0 Å². The van der Waals surface area contributed by atoms with Crippen LogP contribution >= 0.6 is 0 Å². The van der Waals surface area contributed by atoms with Crippen LogP contribution in [0.15, 0.2) is 30.5 Å². The highest BCUT2D eigenvalue weighted by molar-refractivity contribution is 6.00. The van der Waals surface area contributed by atoms with E-state index in [9.17, 15) is 4.79 Å². The molecule has 130 valence electrons. The number of carbonyl (C=O) groups excluding carboxylic acids is 1. The summed E-state index contributed by atoms with van der Waals surface area (Å²) in [5.74, 6) is 0.687. The van der Waals surface area contributed by atoms with Gasteiger partial charge in [-0.25, -0.2) is 9.97 Å². The molecule has 0 atom stereocenters. The first-order valence-corrected chi connectivity index (χ1v) is 9.10. The number of nitrogens with one attached hydrogen (secondary N) is 2. The number of benzene rings is 1. The lowest BCUT2D eigenvalue weighted by Crippen LogP contribution is -2.32. The van der Waals surface area contributed by atoms with Gasteiger partial charge >= 0.3 is 0 Å². The molecule has 0 spiro atoms. The van der Waals surface area contributed by atoms with Crippen molar-refractivity contribution >= 4 is 11.9 Å². The van der Waals surface area contributed by atoms with Gasteiger partial charge in [0.25, 0.3) is 5.91 Å². The van der Waals surface area contributed by atoms with Gasteiger partial charge in [-0.3, -0.25) is 4.79 Å². The van der Waals surface area contributed by atoms with Crippen molar-refractivity contribution < 1.29 is 4.79 Å². The van der Waals surface area contributed by atoms with Crippen LogP contribution in [-0.2, 0) is 5.54 Å². The molecule has 2 heterocycles. The summed E-state index contributed by atoms with van der Waals surface area (Å²) in [7, 11) is 0. The molecule has 4 rings (SSSR count). The van der Waals surface area contributed by atoms with Crippen molar-refractivity contribution in [2.75, 3.05) is 5.32 Å². The standard InChI is InChI=1S/C20H24N4O/c1-20(2)16-12-13(8-9-15(16)18(25)24-20)17-10-11-21-19(23-17)22-14-6-4-3-5-7-14/h8-12,14H,3-7H2,1-2H3,(H,24,25)(H,21,22,23). The Balaban J connectivity index is 1.62. The van der Waals surface area contributed by atoms with Crippen molar-refractivity contribution in [3.8, 4) is 11.3 Å². The van der Waals surface area contributed by atoms with Gasteiger partial charge in [0.15, 0.2) is 0 Å². The summed E-state index contributed by atoms with van der Waals surface area (Å²) in [4.78, 5) is 21.1. The average molecular weight is 336 g/mol. The maximum absolute atomic E-state index is 12.1. The molecule has 0 unspecified atom stereocenters. The normalized spacial score (nSPS) is 19.4. The van der Waals surface area contributed by atoms with Crippen LogP contribution in [0.4, 0.5) is 5.95 Å². The van der Waals surface area contributed by atoms with E-state index in [1.54, 1.807) is 6.20 Å². The van der Waals surface area contributed by atoms with Gasteiger partial charge in [-0.2, -0.15) is 0 Å². The summed E-state index contributed by atoms with van der Waals surface area (Å²) in [6.45, 7) is 4.05. The molecule has 0 radical (unpaired) electrons. The van der Waals surface area contributed by atoms with E-state index in [4.69, 9.17) is 4.98 Å². The Kier molecular flexibility index (Phi) is 3.94. The third kappa shape index (κ3) is 3.11. The highest BCUT2D eigenvalue weighted by Crippen LogP contribution is 2.33. The molecule has 1 amide bonds. The van der Waals surface area contributed by atoms with E-state index in [0.29, 0.717) is 12.0 Å². The maximum atomic E-state index is 12.1. The Morgan fingerprint density at radius 2 is 1.96 bits per heavy atom. The number of anilines is 1. The van der Waals surface area contributed by atoms with Crippen LogP contribution in [0.3, 0.4) is 0 Å². The highest BCUT2D eigenvalue weighted by atomic mass is 16.2. The number of amides is 1.